The lowest BCUT2D eigenvalue weighted by Crippen LogP contribution is -2.36. The van der Waals surface area contributed by atoms with Gasteiger partial charge in [-0.25, -0.2) is 14.5 Å². The van der Waals surface area contributed by atoms with Gasteiger partial charge in [-0.05, 0) is 54.4 Å². The summed E-state index contributed by atoms with van der Waals surface area (Å²) in [7, 11) is 0. The third-order valence-corrected chi connectivity index (χ3v) is 5.79. The first-order valence-electron chi connectivity index (χ1n) is 11.1. The minimum absolute atomic E-state index is 0.0550. The second-order valence-electron chi connectivity index (χ2n) is 8.38. The molecular weight excluding hydrogens is 459 g/mol. The Morgan fingerprint density at radius 2 is 1.89 bits per heavy atom. The number of aromatic nitrogens is 4. The molecule has 0 bridgehead atoms. The van der Waals surface area contributed by atoms with Crippen LogP contribution in [-0.2, 0) is 17.5 Å². The molecule has 0 saturated carbocycles. The summed E-state index contributed by atoms with van der Waals surface area (Å²) in [6, 6.07) is 9.43. The van der Waals surface area contributed by atoms with Gasteiger partial charge in [0.2, 0.25) is 0 Å². The number of alkyl halides is 3. The van der Waals surface area contributed by atoms with Crippen LogP contribution in [-0.4, -0.2) is 45.9 Å². The van der Waals surface area contributed by atoms with Gasteiger partial charge in [0.25, 0.3) is 0 Å². The highest BCUT2D eigenvalue weighted by Crippen LogP contribution is 2.32. The smallest absolute Gasteiger partial charge is 0.399 e. The van der Waals surface area contributed by atoms with Crippen LogP contribution in [0.25, 0.3) is 16.6 Å². The Bertz CT molecular complexity index is 1360. The van der Waals surface area contributed by atoms with Gasteiger partial charge in [-0.1, -0.05) is 0 Å². The number of rotatable bonds is 5. The quantitative estimate of drug-likeness (QED) is 0.412. The van der Waals surface area contributed by atoms with E-state index < -0.39 is 11.7 Å². The van der Waals surface area contributed by atoms with Crippen molar-refractivity contribution < 1.29 is 17.9 Å². The molecule has 0 aliphatic carbocycles. The molecule has 3 aromatic heterocycles. The van der Waals surface area contributed by atoms with E-state index >= 15 is 0 Å². The van der Waals surface area contributed by atoms with Gasteiger partial charge in [-0.2, -0.15) is 18.3 Å². The fraction of sp³-hybridized carbons (Fsp3) is 0.292. The molecule has 0 radical (unpaired) electrons. The summed E-state index contributed by atoms with van der Waals surface area (Å²) >= 11 is 0. The number of nitrogens with one attached hydrogen (secondary N) is 1. The number of nitrogens with two attached hydrogens (primary N) is 1. The van der Waals surface area contributed by atoms with Crippen LogP contribution in [0.3, 0.4) is 0 Å². The molecule has 0 amide bonds. The predicted molar refractivity (Wildman–Crippen MR) is 127 cm³/mol. The van der Waals surface area contributed by atoms with Crippen molar-refractivity contribution in [3.05, 3.63) is 65.7 Å². The summed E-state index contributed by atoms with van der Waals surface area (Å²) in [6.07, 6.45) is -0.795. The number of hydrogen-bond acceptors (Lipinski definition) is 7. The molecule has 1 aliphatic heterocycles. The van der Waals surface area contributed by atoms with Gasteiger partial charge in [0.15, 0.2) is 5.82 Å². The van der Waals surface area contributed by atoms with Crippen molar-refractivity contribution in [3.8, 4) is 11.1 Å². The molecule has 3 N–H and O–H groups in total. The van der Waals surface area contributed by atoms with Crippen molar-refractivity contribution in [2.24, 2.45) is 0 Å². The predicted octanol–water partition coefficient (Wildman–Crippen LogP) is 4.15. The zero-order valence-corrected chi connectivity index (χ0v) is 19.0. The number of nitrogens with zero attached hydrogens (tertiary/aromatic N) is 5. The Morgan fingerprint density at radius 1 is 1.09 bits per heavy atom. The van der Waals surface area contributed by atoms with Crippen molar-refractivity contribution in [2.75, 3.05) is 42.3 Å². The van der Waals surface area contributed by atoms with Crippen LogP contribution in [0.1, 0.15) is 17.0 Å². The van der Waals surface area contributed by atoms with Crippen LogP contribution in [0.2, 0.25) is 0 Å². The fourth-order valence-corrected chi connectivity index (χ4v) is 4.13. The summed E-state index contributed by atoms with van der Waals surface area (Å²) in [6.45, 7) is 4.79. The van der Waals surface area contributed by atoms with E-state index in [1.807, 2.05) is 24.4 Å². The Hall–Kier alpha value is -3.86. The lowest BCUT2D eigenvalue weighted by molar-refractivity contribution is -0.137. The lowest BCUT2D eigenvalue weighted by Gasteiger charge is -2.27. The summed E-state index contributed by atoms with van der Waals surface area (Å²) in [4.78, 5) is 11.2. The minimum atomic E-state index is -4.47. The number of benzene rings is 1. The number of ether oxygens (including phenoxy) is 1. The van der Waals surface area contributed by atoms with Crippen LogP contribution in [0, 0.1) is 6.92 Å². The molecule has 1 saturated heterocycles. The van der Waals surface area contributed by atoms with Crippen LogP contribution in [0.5, 0.6) is 0 Å². The van der Waals surface area contributed by atoms with Gasteiger partial charge in [0.1, 0.15) is 17.2 Å². The topological polar surface area (TPSA) is 93.6 Å². The third kappa shape index (κ3) is 4.99. The molecular formula is C24H24F3N7O. The maximum atomic E-state index is 13.2. The molecule has 1 aromatic carbocycles. The van der Waals surface area contributed by atoms with Crippen LogP contribution in [0.4, 0.5) is 30.5 Å². The number of morpholine rings is 1. The van der Waals surface area contributed by atoms with Crippen molar-refractivity contribution in [1.82, 2.24) is 19.6 Å². The number of fused-ring (bicyclic) bond motifs is 1. The first-order chi connectivity index (χ1) is 16.8. The maximum Gasteiger partial charge on any atom is 0.416 e. The highest BCUT2D eigenvalue weighted by Gasteiger charge is 2.31. The van der Waals surface area contributed by atoms with Gasteiger partial charge in [-0.15, -0.1) is 0 Å². The molecule has 4 aromatic rings. The van der Waals surface area contributed by atoms with E-state index in [4.69, 9.17) is 10.5 Å². The highest BCUT2D eigenvalue weighted by molar-refractivity contribution is 5.78. The molecule has 5 rings (SSSR count). The van der Waals surface area contributed by atoms with Crippen molar-refractivity contribution in [2.45, 2.75) is 19.6 Å². The van der Waals surface area contributed by atoms with E-state index in [-0.39, 0.29) is 12.2 Å². The molecule has 35 heavy (non-hydrogen) atoms. The summed E-state index contributed by atoms with van der Waals surface area (Å²) < 4.78 is 46.7. The van der Waals surface area contributed by atoms with Crippen LogP contribution >= 0.6 is 0 Å². The largest absolute Gasteiger partial charge is 0.416 e. The third-order valence-electron chi connectivity index (χ3n) is 5.79. The first kappa shape index (κ1) is 22.9. The molecule has 1 aliphatic rings. The lowest BCUT2D eigenvalue weighted by atomic mass is 10.1. The van der Waals surface area contributed by atoms with E-state index in [1.165, 1.54) is 6.07 Å². The Morgan fingerprint density at radius 3 is 2.66 bits per heavy atom. The van der Waals surface area contributed by atoms with E-state index in [0.717, 1.165) is 42.2 Å². The zero-order valence-electron chi connectivity index (χ0n) is 19.0. The first-order valence-corrected chi connectivity index (χ1v) is 11.1. The van der Waals surface area contributed by atoms with Crippen molar-refractivity contribution in [3.63, 3.8) is 0 Å². The van der Waals surface area contributed by atoms with E-state index in [2.05, 4.69) is 25.3 Å². The fourth-order valence-electron chi connectivity index (χ4n) is 4.13. The molecule has 0 spiro atoms. The van der Waals surface area contributed by atoms with Gasteiger partial charge in [0.05, 0.1) is 18.8 Å². The molecule has 11 heteroatoms. The number of pyridine rings is 1. The standard InChI is InChI=1S/C24H24F3N7O/c1-15-31-23(30-13-16-8-19(24(25,26)27)12-20(28)9-16)21-10-18(14-34(21)32-15)17-2-3-29-22(11-17)33-4-6-35-7-5-33/h2-3,8-12,14H,4-7,13,28H2,1H3,(H,30,31,32). The van der Waals surface area contributed by atoms with Crippen molar-refractivity contribution >= 4 is 22.8 Å². The molecule has 4 heterocycles. The maximum absolute atomic E-state index is 13.2. The van der Waals surface area contributed by atoms with E-state index in [1.54, 1.807) is 17.6 Å². The monoisotopic (exact) mass is 483 g/mol. The normalized spacial score (nSPS) is 14.5. The number of hydrogen-bond donors (Lipinski definition) is 2. The molecule has 0 unspecified atom stereocenters. The Kier molecular flexibility index (Phi) is 5.93. The summed E-state index contributed by atoms with van der Waals surface area (Å²) in [5.41, 5.74) is 7.98. The average molecular weight is 483 g/mol. The van der Waals surface area contributed by atoms with Gasteiger partial charge in [-0.3, -0.25) is 0 Å². The second-order valence-corrected chi connectivity index (χ2v) is 8.38. The average Bonchev–Trinajstić information content (AvgIpc) is 3.26. The minimum Gasteiger partial charge on any atom is -0.399 e. The molecule has 0 atom stereocenters. The number of halogens is 3. The van der Waals surface area contributed by atoms with E-state index in [9.17, 15) is 13.2 Å². The second kappa shape index (κ2) is 9.06. The summed E-state index contributed by atoms with van der Waals surface area (Å²) in [5.74, 6) is 1.92. The molecule has 182 valence electrons. The van der Waals surface area contributed by atoms with Crippen LogP contribution in [0.15, 0.2) is 48.8 Å². The Labute approximate surface area is 199 Å². The Balaban J connectivity index is 1.44. The zero-order chi connectivity index (χ0) is 24.6. The van der Waals surface area contributed by atoms with E-state index in [0.29, 0.717) is 35.9 Å². The van der Waals surface area contributed by atoms with Gasteiger partial charge in [0, 0.05) is 43.3 Å². The molecule has 1 fully saturated rings. The van der Waals surface area contributed by atoms with Crippen molar-refractivity contribution in [1.29, 1.82) is 0 Å². The number of aryl methyl sites for hydroxylation is 1. The summed E-state index contributed by atoms with van der Waals surface area (Å²) in [5, 5.41) is 7.61. The number of nitrogen functional groups attached to an aromatic ring is 1. The highest BCUT2D eigenvalue weighted by atomic mass is 19.4. The van der Waals surface area contributed by atoms with Gasteiger partial charge >= 0.3 is 6.18 Å². The SMILES string of the molecule is Cc1nc(NCc2cc(N)cc(C(F)(F)F)c2)c2cc(-c3ccnc(N4CCOCC4)c3)cn2n1. The van der Waals surface area contributed by atoms with Gasteiger partial charge < -0.3 is 20.7 Å². The van der Waals surface area contributed by atoms with Crippen LogP contribution < -0.4 is 16.0 Å². The molecule has 8 nitrogen and oxygen atoms in total. The number of anilines is 3.